The highest BCUT2D eigenvalue weighted by molar-refractivity contribution is 7.90. The fourth-order valence-electron chi connectivity index (χ4n) is 3.13. The Balaban J connectivity index is 2.04. The number of nitriles is 1. The normalized spacial score (nSPS) is 11.4. The number of pyridine rings is 1. The van der Waals surface area contributed by atoms with Gasteiger partial charge < -0.3 is 5.21 Å². The van der Waals surface area contributed by atoms with Gasteiger partial charge in [0.1, 0.15) is 0 Å². The summed E-state index contributed by atoms with van der Waals surface area (Å²) in [4.78, 5) is 0.147. The molecular weight excluding hydrogens is 374 g/mol. The molecule has 0 saturated heterocycles. The first-order valence-corrected chi connectivity index (χ1v) is 9.92. The first-order valence-electron chi connectivity index (χ1n) is 8.48. The molecule has 0 unspecified atom stereocenters. The molecule has 0 N–H and O–H groups in total. The monoisotopic (exact) mass is 389 g/mol. The van der Waals surface area contributed by atoms with Gasteiger partial charge in [0.05, 0.1) is 27.6 Å². The fraction of sp³-hybridized carbons (Fsp3) is 0.0476. The van der Waals surface area contributed by atoms with Crippen molar-refractivity contribution in [2.45, 2.75) is 11.8 Å². The van der Waals surface area contributed by atoms with E-state index in [2.05, 4.69) is 6.07 Å². The van der Waals surface area contributed by atoms with Crippen LogP contribution in [0.3, 0.4) is 0 Å². The maximum atomic E-state index is 13.3. The van der Waals surface area contributed by atoms with Gasteiger partial charge in [0, 0.05) is 23.7 Å². The molecule has 2 aromatic carbocycles. The molecule has 0 spiro atoms. The van der Waals surface area contributed by atoms with Gasteiger partial charge in [-0.1, -0.05) is 17.7 Å². The lowest BCUT2D eigenvalue weighted by Crippen LogP contribution is -2.27. The first kappa shape index (κ1) is 17.8. The van der Waals surface area contributed by atoms with Crippen LogP contribution in [0.4, 0.5) is 0 Å². The van der Waals surface area contributed by atoms with Crippen molar-refractivity contribution in [2.24, 2.45) is 0 Å². The highest BCUT2D eigenvalue weighted by Crippen LogP contribution is 2.32. The van der Waals surface area contributed by atoms with Crippen LogP contribution in [0.1, 0.15) is 11.1 Å². The molecule has 28 heavy (non-hydrogen) atoms. The van der Waals surface area contributed by atoms with Crippen molar-refractivity contribution in [1.29, 1.82) is 5.26 Å². The molecule has 138 valence electrons. The summed E-state index contributed by atoms with van der Waals surface area (Å²) in [5.41, 5.74) is 2.48. The lowest BCUT2D eigenvalue weighted by atomic mass is 10.1. The summed E-state index contributed by atoms with van der Waals surface area (Å²) < 4.78 is 28.4. The topological polar surface area (TPSA) is 89.8 Å². The third-order valence-corrected chi connectivity index (χ3v) is 6.27. The third kappa shape index (κ3) is 2.80. The van der Waals surface area contributed by atoms with Gasteiger partial charge in [-0.3, -0.25) is 0 Å². The van der Waals surface area contributed by atoms with E-state index in [0.29, 0.717) is 32.5 Å². The van der Waals surface area contributed by atoms with Crippen molar-refractivity contribution in [3.63, 3.8) is 0 Å². The molecule has 0 aliphatic rings. The van der Waals surface area contributed by atoms with Crippen LogP contribution in [-0.4, -0.2) is 12.4 Å². The van der Waals surface area contributed by atoms with Crippen LogP contribution in [0, 0.1) is 23.5 Å². The molecule has 0 saturated carbocycles. The zero-order chi connectivity index (χ0) is 19.9. The molecule has 2 heterocycles. The summed E-state index contributed by atoms with van der Waals surface area (Å²) in [5.74, 6) is 0. The van der Waals surface area contributed by atoms with Crippen molar-refractivity contribution in [2.75, 3.05) is 0 Å². The minimum absolute atomic E-state index is 0.147. The third-order valence-electron chi connectivity index (χ3n) is 4.58. The summed E-state index contributed by atoms with van der Waals surface area (Å²) in [5, 5.41) is 22.0. The van der Waals surface area contributed by atoms with E-state index in [4.69, 9.17) is 0 Å². The van der Waals surface area contributed by atoms with E-state index in [1.165, 1.54) is 12.4 Å². The summed E-state index contributed by atoms with van der Waals surface area (Å²) in [7, 11) is -3.88. The number of hydrogen-bond donors (Lipinski definition) is 0. The highest BCUT2D eigenvalue weighted by atomic mass is 32.2. The zero-order valence-electron chi connectivity index (χ0n) is 14.9. The van der Waals surface area contributed by atoms with Gasteiger partial charge in [-0.15, -0.1) is 0 Å². The van der Waals surface area contributed by atoms with Gasteiger partial charge in [0.2, 0.25) is 5.69 Å². The highest BCUT2D eigenvalue weighted by Gasteiger charge is 2.24. The van der Waals surface area contributed by atoms with Gasteiger partial charge in [-0.05, 0) is 43.3 Å². The Hall–Kier alpha value is -3.63. The first-order chi connectivity index (χ1) is 13.4. The maximum absolute atomic E-state index is 13.3. The van der Waals surface area contributed by atoms with Crippen LogP contribution in [0.15, 0.2) is 78.0 Å². The van der Waals surface area contributed by atoms with Crippen LogP contribution in [0.2, 0.25) is 0 Å². The van der Waals surface area contributed by atoms with Crippen LogP contribution in [-0.2, 0) is 10.0 Å². The summed E-state index contributed by atoms with van der Waals surface area (Å²) in [6.45, 7) is 1.88. The Morgan fingerprint density at radius 3 is 2.50 bits per heavy atom. The second-order valence-electron chi connectivity index (χ2n) is 6.41. The number of rotatable bonds is 3. The average Bonchev–Trinajstić information content (AvgIpc) is 3.08. The lowest BCUT2D eigenvalue weighted by Gasteiger charge is -2.08. The van der Waals surface area contributed by atoms with Crippen molar-refractivity contribution in [1.82, 2.24) is 3.97 Å². The second-order valence-corrected chi connectivity index (χ2v) is 8.23. The van der Waals surface area contributed by atoms with Gasteiger partial charge in [0.15, 0.2) is 6.20 Å². The van der Waals surface area contributed by atoms with Crippen molar-refractivity contribution >= 4 is 20.9 Å². The van der Waals surface area contributed by atoms with Crippen molar-refractivity contribution in [3.05, 3.63) is 89.4 Å². The van der Waals surface area contributed by atoms with Crippen molar-refractivity contribution in [3.8, 4) is 17.3 Å². The van der Waals surface area contributed by atoms with Gasteiger partial charge in [0.25, 0.3) is 10.0 Å². The van der Waals surface area contributed by atoms with E-state index in [0.717, 1.165) is 9.54 Å². The molecule has 0 atom stereocenters. The molecule has 0 aliphatic carbocycles. The molecule has 0 aliphatic heterocycles. The molecule has 0 fully saturated rings. The SMILES string of the molecule is Cc1ccc(S(=O)(=O)n2cc(-c3cccc[n+]3[O-])c3cc(C#N)ccc32)cc1. The van der Waals surface area contributed by atoms with E-state index in [1.807, 2.05) is 6.92 Å². The summed E-state index contributed by atoms with van der Waals surface area (Å²) in [6, 6.07) is 18.3. The molecule has 4 aromatic rings. The minimum atomic E-state index is -3.88. The van der Waals surface area contributed by atoms with Crippen LogP contribution in [0.25, 0.3) is 22.2 Å². The largest absolute Gasteiger partial charge is 0.618 e. The molecule has 0 bridgehead atoms. The number of aromatic nitrogens is 2. The Kier molecular flexibility index (Phi) is 4.13. The molecule has 0 radical (unpaired) electrons. The number of hydrogen-bond acceptors (Lipinski definition) is 4. The average molecular weight is 389 g/mol. The Morgan fingerprint density at radius 1 is 1.07 bits per heavy atom. The summed E-state index contributed by atoms with van der Waals surface area (Å²) >= 11 is 0. The number of benzene rings is 2. The van der Waals surface area contributed by atoms with E-state index >= 15 is 0 Å². The molecule has 4 rings (SSSR count). The van der Waals surface area contributed by atoms with Gasteiger partial charge in [-0.2, -0.15) is 9.99 Å². The quantitative estimate of drug-likeness (QED) is 0.397. The molecule has 7 heteroatoms. The zero-order valence-corrected chi connectivity index (χ0v) is 15.7. The van der Waals surface area contributed by atoms with Gasteiger partial charge in [-0.25, -0.2) is 12.4 Å². The maximum Gasteiger partial charge on any atom is 0.268 e. The molecular formula is C21H15N3O3S. The molecule has 2 aromatic heterocycles. The van der Waals surface area contributed by atoms with Crippen LogP contribution < -0.4 is 4.73 Å². The van der Waals surface area contributed by atoms with Crippen LogP contribution >= 0.6 is 0 Å². The fourth-order valence-corrected chi connectivity index (χ4v) is 4.50. The van der Waals surface area contributed by atoms with E-state index < -0.39 is 10.0 Å². The molecule has 0 amide bonds. The van der Waals surface area contributed by atoms with Crippen LogP contribution in [0.5, 0.6) is 0 Å². The van der Waals surface area contributed by atoms with Crippen molar-refractivity contribution < 1.29 is 13.1 Å². The Morgan fingerprint density at radius 2 is 1.82 bits per heavy atom. The number of aryl methyl sites for hydroxylation is 1. The smallest absolute Gasteiger partial charge is 0.268 e. The van der Waals surface area contributed by atoms with E-state index in [9.17, 15) is 18.9 Å². The molecule has 6 nitrogen and oxygen atoms in total. The minimum Gasteiger partial charge on any atom is -0.618 e. The predicted molar refractivity (Wildman–Crippen MR) is 105 cm³/mol. The Bertz CT molecular complexity index is 1350. The lowest BCUT2D eigenvalue weighted by molar-refractivity contribution is -0.593. The second kappa shape index (κ2) is 6.51. The van der Waals surface area contributed by atoms with E-state index in [1.54, 1.807) is 60.7 Å². The van der Waals surface area contributed by atoms with Gasteiger partial charge >= 0.3 is 0 Å². The summed E-state index contributed by atoms with van der Waals surface area (Å²) in [6.07, 6.45) is 2.78. The number of fused-ring (bicyclic) bond motifs is 1. The number of nitrogens with zero attached hydrogens (tertiary/aromatic N) is 3. The predicted octanol–water partition coefficient (Wildman–Crippen LogP) is 3.36. The standard InChI is InChI=1S/C21H15N3O3S/c1-15-5-8-17(9-6-15)28(26,27)24-14-19(20-4-2-3-11-23(20)25)18-12-16(13-22)7-10-21(18)24/h2-12,14H,1H3. The van der Waals surface area contributed by atoms with E-state index in [-0.39, 0.29) is 4.90 Å². The Labute approximate surface area is 162 Å².